The third-order valence-corrected chi connectivity index (χ3v) is 7.32. The first-order valence-electron chi connectivity index (χ1n) is 12.1. The number of ether oxygens (including phenoxy) is 1. The van der Waals surface area contributed by atoms with Gasteiger partial charge in [-0.3, -0.25) is 4.72 Å². The Morgan fingerprint density at radius 3 is 2.61 bits per heavy atom. The number of likely N-dealkylation sites (N-methyl/N-ethyl adjacent to an activating group) is 1. The number of nitrogens with one attached hydrogen (secondary N) is 2. The van der Waals surface area contributed by atoms with Gasteiger partial charge in [0.15, 0.2) is 11.0 Å². The molecule has 1 fully saturated rings. The summed E-state index contributed by atoms with van der Waals surface area (Å²) in [6.45, 7) is 6.15. The first-order valence-corrected chi connectivity index (χ1v) is 14.2. The van der Waals surface area contributed by atoms with Crippen LogP contribution in [0.15, 0.2) is 54.0 Å². The average Bonchev–Trinajstić information content (AvgIpc) is 3.30. The summed E-state index contributed by atoms with van der Waals surface area (Å²) >= 11 is 1.47. The lowest BCUT2D eigenvalue weighted by Crippen LogP contribution is -2.40. The molecule has 4 aromatic rings. The molecule has 5 rings (SSSR count). The minimum absolute atomic E-state index is 0.362. The van der Waals surface area contributed by atoms with Gasteiger partial charge in [-0.05, 0) is 58.5 Å². The predicted molar refractivity (Wildman–Crippen MR) is 150 cm³/mol. The van der Waals surface area contributed by atoms with Crippen LogP contribution in [0, 0.1) is 13.8 Å². The number of hydrogen-bond acceptors (Lipinski definition) is 8. The van der Waals surface area contributed by atoms with Crippen LogP contribution in [-0.4, -0.2) is 56.0 Å². The van der Waals surface area contributed by atoms with Crippen LogP contribution in [0.25, 0.3) is 10.8 Å². The van der Waals surface area contributed by atoms with Crippen molar-refractivity contribution in [3.8, 4) is 11.6 Å². The lowest BCUT2D eigenvalue weighted by molar-refractivity contribution is 0.244. The third kappa shape index (κ3) is 7.65. The number of nitrogens with zero attached hydrogens (tertiary/aromatic N) is 4. The topological polar surface area (TPSA) is 92.3 Å². The Kier molecular flexibility index (Phi) is 9.53. The van der Waals surface area contributed by atoms with Crippen LogP contribution in [0.4, 0.5) is 20.4 Å². The number of rotatable bonds is 7. The first-order chi connectivity index (χ1) is 18.3. The molecule has 3 heterocycles. The Morgan fingerprint density at radius 1 is 1.13 bits per heavy atom. The standard InChI is InChI=1S/C15H12F2N2O2S2.C11H18N4/c1-9-18-14(8-22-9)21-13-7-6-12(19-23(20)15(16)17)10-4-2-3-5-11(10)13;1-9-5-6-12-11(13-9)14-10-4-3-7-15(2)8-10/h2-8,15,19H,1H3;5-6,10H,3-4,7-8H2,1-2H3,(H,12,13,14). The number of piperidine rings is 1. The molecule has 1 saturated heterocycles. The van der Waals surface area contributed by atoms with E-state index in [4.69, 9.17) is 4.74 Å². The average molecular weight is 561 g/mol. The molecule has 1 aliphatic rings. The molecule has 0 saturated carbocycles. The highest BCUT2D eigenvalue weighted by Crippen LogP contribution is 2.35. The molecule has 0 amide bonds. The summed E-state index contributed by atoms with van der Waals surface area (Å²) in [7, 11) is -0.297. The Bertz CT molecular complexity index is 1390. The highest BCUT2D eigenvalue weighted by atomic mass is 32.2. The maximum absolute atomic E-state index is 12.5. The molecule has 2 N–H and O–H groups in total. The van der Waals surface area contributed by atoms with Crippen molar-refractivity contribution in [1.82, 2.24) is 19.9 Å². The second-order valence-corrected chi connectivity index (χ2v) is 11.1. The van der Waals surface area contributed by atoms with Crippen LogP contribution < -0.4 is 14.8 Å². The molecule has 2 atom stereocenters. The highest BCUT2D eigenvalue weighted by molar-refractivity contribution is 7.86. The molecular weight excluding hydrogens is 530 g/mol. The highest BCUT2D eigenvalue weighted by Gasteiger charge is 2.18. The SMILES string of the molecule is Cc1ccnc(NC2CCCN(C)C2)n1.Cc1nc(Oc2ccc(NS(=O)C(F)F)c3ccccc23)cs1. The second kappa shape index (κ2) is 13.0. The smallest absolute Gasteiger partial charge is 0.330 e. The van der Waals surface area contributed by atoms with Gasteiger partial charge in [0.25, 0.3) is 0 Å². The maximum Gasteiger partial charge on any atom is 0.330 e. The fraction of sp³-hybridized carbons (Fsp3) is 0.346. The van der Waals surface area contributed by atoms with Crippen LogP contribution in [0.3, 0.4) is 0 Å². The zero-order valence-electron chi connectivity index (χ0n) is 21.4. The summed E-state index contributed by atoms with van der Waals surface area (Å²) in [4.78, 5) is 15.2. The number of anilines is 2. The van der Waals surface area contributed by atoms with Gasteiger partial charge in [0, 0.05) is 35.2 Å². The molecule has 2 aromatic heterocycles. The van der Waals surface area contributed by atoms with Crippen LogP contribution in [0.5, 0.6) is 11.6 Å². The third-order valence-electron chi connectivity index (χ3n) is 5.82. The van der Waals surface area contributed by atoms with Crippen molar-refractivity contribution in [2.45, 2.75) is 38.5 Å². The van der Waals surface area contributed by atoms with Gasteiger partial charge in [-0.25, -0.2) is 19.2 Å². The second-order valence-electron chi connectivity index (χ2n) is 8.89. The molecule has 0 aliphatic carbocycles. The molecule has 2 unspecified atom stereocenters. The molecule has 2 aromatic carbocycles. The quantitative estimate of drug-likeness (QED) is 0.287. The molecule has 0 radical (unpaired) electrons. The molecule has 12 heteroatoms. The Morgan fingerprint density at radius 2 is 1.92 bits per heavy atom. The van der Waals surface area contributed by atoms with Gasteiger partial charge in [0.1, 0.15) is 5.75 Å². The van der Waals surface area contributed by atoms with Crippen LogP contribution in [-0.2, 0) is 11.0 Å². The zero-order valence-corrected chi connectivity index (χ0v) is 23.0. The van der Waals surface area contributed by atoms with Crippen molar-refractivity contribution in [3.05, 3.63) is 64.7 Å². The van der Waals surface area contributed by atoms with Crippen LogP contribution in [0.2, 0.25) is 0 Å². The van der Waals surface area contributed by atoms with Crippen molar-refractivity contribution in [2.75, 3.05) is 30.2 Å². The number of aromatic nitrogens is 3. The summed E-state index contributed by atoms with van der Waals surface area (Å²) in [6.07, 6.45) is 4.26. The summed E-state index contributed by atoms with van der Waals surface area (Å²) in [6, 6.07) is 12.8. The number of halogens is 2. The van der Waals surface area contributed by atoms with Gasteiger partial charge < -0.3 is 15.0 Å². The molecular formula is C26H30F2N6O2S2. The molecule has 0 bridgehead atoms. The number of hydrogen-bond donors (Lipinski definition) is 2. The zero-order chi connectivity index (χ0) is 27.1. The molecule has 8 nitrogen and oxygen atoms in total. The number of alkyl halides is 2. The molecule has 1 aliphatic heterocycles. The summed E-state index contributed by atoms with van der Waals surface area (Å²) in [5.74, 6) is -1.16. The van der Waals surface area contributed by atoms with Gasteiger partial charge in [0.2, 0.25) is 11.8 Å². The van der Waals surface area contributed by atoms with Crippen LogP contribution >= 0.6 is 11.3 Å². The van der Waals surface area contributed by atoms with Gasteiger partial charge >= 0.3 is 5.76 Å². The van der Waals surface area contributed by atoms with Crippen molar-refractivity contribution >= 4 is 44.7 Å². The van der Waals surface area contributed by atoms with E-state index in [0.717, 1.165) is 28.6 Å². The summed E-state index contributed by atoms with van der Waals surface area (Å²) in [5, 5.41) is 7.43. The Labute approximate surface area is 227 Å². The molecule has 0 spiro atoms. The Hall–Kier alpha value is -3.22. The number of thiazole rings is 1. The normalized spacial score (nSPS) is 16.5. The fourth-order valence-corrected chi connectivity index (χ4v) is 5.09. The lowest BCUT2D eigenvalue weighted by atomic mass is 10.1. The van der Waals surface area contributed by atoms with Crippen molar-refractivity contribution in [1.29, 1.82) is 0 Å². The fourth-order valence-electron chi connectivity index (χ4n) is 4.09. The number of aryl methyl sites for hydroxylation is 2. The number of likely N-dealkylation sites (tertiary alicyclic amines) is 1. The first kappa shape index (κ1) is 27.8. The van der Waals surface area contributed by atoms with Gasteiger partial charge in [-0.2, -0.15) is 8.78 Å². The van der Waals surface area contributed by atoms with E-state index in [1.165, 1.54) is 30.7 Å². The number of fused-ring (bicyclic) bond motifs is 1. The molecule has 38 heavy (non-hydrogen) atoms. The van der Waals surface area contributed by atoms with Crippen molar-refractivity contribution in [3.63, 3.8) is 0 Å². The minimum atomic E-state index is -2.96. The van der Waals surface area contributed by atoms with Gasteiger partial charge in [-0.15, -0.1) is 11.3 Å². The largest absolute Gasteiger partial charge is 0.437 e. The van der Waals surface area contributed by atoms with Gasteiger partial charge in [-0.1, -0.05) is 24.3 Å². The van der Waals surface area contributed by atoms with E-state index in [0.29, 0.717) is 28.7 Å². The summed E-state index contributed by atoms with van der Waals surface area (Å²) in [5.41, 5.74) is 1.37. The van der Waals surface area contributed by atoms with E-state index in [1.54, 1.807) is 41.9 Å². The number of benzene rings is 2. The van der Waals surface area contributed by atoms with E-state index in [1.807, 2.05) is 26.0 Å². The minimum Gasteiger partial charge on any atom is -0.437 e. The van der Waals surface area contributed by atoms with E-state index in [9.17, 15) is 13.0 Å². The Balaban J connectivity index is 0.000000194. The van der Waals surface area contributed by atoms with E-state index in [2.05, 4.69) is 36.9 Å². The van der Waals surface area contributed by atoms with Gasteiger partial charge in [0.05, 0.1) is 16.1 Å². The summed E-state index contributed by atoms with van der Waals surface area (Å²) < 4.78 is 44.4. The lowest BCUT2D eigenvalue weighted by Gasteiger charge is -2.30. The molecule has 202 valence electrons. The van der Waals surface area contributed by atoms with Crippen molar-refractivity contribution < 1.29 is 17.7 Å². The monoisotopic (exact) mass is 560 g/mol. The van der Waals surface area contributed by atoms with E-state index in [-0.39, 0.29) is 0 Å². The van der Waals surface area contributed by atoms with E-state index >= 15 is 0 Å². The van der Waals surface area contributed by atoms with Crippen LogP contribution in [0.1, 0.15) is 23.5 Å². The van der Waals surface area contributed by atoms with Crippen molar-refractivity contribution in [2.24, 2.45) is 0 Å². The van der Waals surface area contributed by atoms with E-state index < -0.39 is 16.7 Å². The predicted octanol–water partition coefficient (Wildman–Crippen LogP) is 5.99. The maximum atomic E-state index is 12.5.